The highest BCUT2D eigenvalue weighted by Gasteiger charge is 2.56. The Balaban J connectivity index is 1.53. The molecule has 1 spiro atoms. The van der Waals surface area contributed by atoms with Crippen LogP contribution in [0.3, 0.4) is 0 Å². The molecule has 37 heavy (non-hydrogen) atoms. The number of imidazole rings is 1. The van der Waals surface area contributed by atoms with Gasteiger partial charge in [-0.2, -0.15) is 0 Å². The molecule has 1 N–H and O–H groups in total. The molecule has 190 valence electrons. The fraction of sp³-hybridized carbons (Fsp3) is 0.360. The largest absolute Gasteiger partial charge is 0.313 e. The van der Waals surface area contributed by atoms with Gasteiger partial charge >= 0.3 is 0 Å². The highest BCUT2D eigenvalue weighted by molar-refractivity contribution is 7.79. The zero-order valence-electron chi connectivity index (χ0n) is 20.7. The van der Waals surface area contributed by atoms with Gasteiger partial charge in [0.05, 0.1) is 5.56 Å². The Morgan fingerprint density at radius 2 is 1.92 bits per heavy atom. The standard InChI is InChI=1S/C25H26N8O3S/c1-4-33-22(17-11-26-15(2)27-12-17)30-21-20(28-13-29-23(21)33)16-6-7-19-18(10-16)25(24(34)31(19)3)8-5-9-32(25)14-37(35)36/h6-7,10-13H,4-5,8-9,14H2,1-3H3,(H,35,36)/t25-/m0/s1. The molecule has 2 aliphatic rings. The Morgan fingerprint density at radius 3 is 2.65 bits per heavy atom. The molecule has 0 aliphatic carbocycles. The fourth-order valence-electron chi connectivity index (χ4n) is 5.71. The third kappa shape index (κ3) is 3.50. The lowest BCUT2D eigenvalue weighted by molar-refractivity contribution is -0.127. The molecule has 0 saturated carbocycles. The van der Waals surface area contributed by atoms with E-state index in [9.17, 15) is 13.6 Å². The lowest BCUT2D eigenvalue weighted by Gasteiger charge is -2.33. The molecule has 2 aliphatic heterocycles. The third-order valence-electron chi connectivity index (χ3n) is 7.40. The zero-order valence-corrected chi connectivity index (χ0v) is 21.6. The minimum absolute atomic E-state index is 0.0765. The van der Waals surface area contributed by atoms with Gasteiger partial charge in [-0.15, -0.1) is 0 Å². The van der Waals surface area contributed by atoms with E-state index < -0.39 is 16.6 Å². The van der Waals surface area contributed by atoms with Crippen LogP contribution in [0.15, 0.2) is 36.9 Å². The number of aryl methyl sites for hydroxylation is 2. The number of fused-ring (bicyclic) bond motifs is 3. The van der Waals surface area contributed by atoms with E-state index in [-0.39, 0.29) is 11.8 Å². The summed E-state index contributed by atoms with van der Waals surface area (Å²) >= 11 is -2.05. The first-order chi connectivity index (χ1) is 17.8. The maximum atomic E-state index is 13.6. The molecule has 1 unspecified atom stereocenters. The summed E-state index contributed by atoms with van der Waals surface area (Å²) in [6, 6.07) is 5.84. The van der Waals surface area contributed by atoms with Crippen LogP contribution < -0.4 is 4.90 Å². The third-order valence-corrected chi connectivity index (χ3v) is 7.93. The van der Waals surface area contributed by atoms with Crippen molar-refractivity contribution < 1.29 is 13.6 Å². The average Bonchev–Trinajstić information content (AvgIpc) is 3.54. The Labute approximate surface area is 215 Å². The molecule has 1 fully saturated rings. The number of likely N-dealkylation sites (tertiary alicyclic amines) is 1. The van der Waals surface area contributed by atoms with Crippen molar-refractivity contribution >= 4 is 33.8 Å². The summed E-state index contributed by atoms with van der Waals surface area (Å²) in [5.74, 6) is 1.23. The summed E-state index contributed by atoms with van der Waals surface area (Å²) in [4.78, 5) is 39.7. The van der Waals surface area contributed by atoms with Gasteiger partial charge in [0.2, 0.25) is 0 Å². The minimum atomic E-state index is -2.05. The van der Waals surface area contributed by atoms with Gasteiger partial charge in [-0.25, -0.2) is 29.1 Å². The fourth-order valence-corrected chi connectivity index (χ4v) is 6.33. The summed E-state index contributed by atoms with van der Waals surface area (Å²) in [6.07, 6.45) is 6.39. The van der Waals surface area contributed by atoms with Crippen LogP contribution in [0, 0.1) is 6.92 Å². The molecule has 1 aromatic carbocycles. The lowest BCUT2D eigenvalue weighted by atomic mass is 9.87. The van der Waals surface area contributed by atoms with Crippen molar-refractivity contribution in [3.05, 3.63) is 48.3 Å². The van der Waals surface area contributed by atoms with Crippen LogP contribution in [0.25, 0.3) is 33.8 Å². The highest BCUT2D eigenvalue weighted by atomic mass is 32.2. The van der Waals surface area contributed by atoms with Crippen molar-refractivity contribution in [2.24, 2.45) is 0 Å². The molecule has 3 aromatic heterocycles. The number of benzene rings is 1. The number of likely N-dealkylation sites (N-methyl/N-ethyl adjacent to an activating group) is 1. The van der Waals surface area contributed by atoms with Gasteiger partial charge in [0.15, 0.2) is 16.7 Å². The van der Waals surface area contributed by atoms with Gasteiger partial charge in [-0.1, -0.05) is 6.07 Å². The molecular weight excluding hydrogens is 492 g/mol. The normalized spacial score (nSPS) is 20.3. The Morgan fingerprint density at radius 1 is 1.14 bits per heavy atom. The van der Waals surface area contributed by atoms with E-state index in [0.29, 0.717) is 48.0 Å². The predicted molar refractivity (Wildman–Crippen MR) is 139 cm³/mol. The van der Waals surface area contributed by atoms with E-state index in [1.165, 1.54) is 6.33 Å². The van der Waals surface area contributed by atoms with Crippen LogP contribution in [0.5, 0.6) is 0 Å². The second-order valence-electron chi connectivity index (χ2n) is 9.37. The van der Waals surface area contributed by atoms with Gasteiger partial charge in [0, 0.05) is 49.3 Å². The van der Waals surface area contributed by atoms with Gasteiger partial charge in [0.25, 0.3) is 5.91 Å². The number of hydrogen-bond donors (Lipinski definition) is 1. The van der Waals surface area contributed by atoms with Crippen LogP contribution in [0.1, 0.15) is 31.2 Å². The first kappa shape index (κ1) is 23.8. The maximum Gasteiger partial charge on any atom is 0.251 e. The van der Waals surface area contributed by atoms with E-state index in [2.05, 4.69) is 19.9 Å². The van der Waals surface area contributed by atoms with E-state index in [4.69, 9.17) is 4.98 Å². The smallest absolute Gasteiger partial charge is 0.251 e. The van der Waals surface area contributed by atoms with Gasteiger partial charge in [-0.3, -0.25) is 9.69 Å². The van der Waals surface area contributed by atoms with Crippen LogP contribution in [0.2, 0.25) is 0 Å². The molecule has 5 heterocycles. The van der Waals surface area contributed by atoms with Crippen molar-refractivity contribution in [1.29, 1.82) is 0 Å². The summed E-state index contributed by atoms with van der Waals surface area (Å²) in [6.45, 7) is 5.09. The van der Waals surface area contributed by atoms with Gasteiger partial charge in [-0.05, 0) is 38.8 Å². The Hall–Kier alpha value is -3.61. The molecule has 4 aromatic rings. The van der Waals surface area contributed by atoms with Crippen molar-refractivity contribution in [2.45, 2.75) is 38.8 Å². The molecule has 11 nitrogen and oxygen atoms in total. The first-order valence-corrected chi connectivity index (χ1v) is 13.4. The van der Waals surface area contributed by atoms with Crippen LogP contribution >= 0.6 is 0 Å². The Bertz CT molecular complexity index is 1570. The second-order valence-corrected chi connectivity index (χ2v) is 10.3. The number of amides is 1. The molecule has 1 saturated heterocycles. The number of nitrogens with zero attached hydrogens (tertiary/aromatic N) is 8. The minimum Gasteiger partial charge on any atom is -0.313 e. The van der Waals surface area contributed by atoms with Crippen molar-refractivity contribution in [1.82, 2.24) is 34.4 Å². The first-order valence-electron chi connectivity index (χ1n) is 12.1. The lowest BCUT2D eigenvalue weighted by Crippen LogP contribution is -2.49. The molecule has 6 rings (SSSR count). The zero-order chi connectivity index (χ0) is 25.9. The van der Waals surface area contributed by atoms with Crippen LogP contribution in [-0.4, -0.2) is 68.5 Å². The van der Waals surface area contributed by atoms with Crippen LogP contribution in [-0.2, 0) is 28.0 Å². The molecular formula is C25H26N8O3S. The highest BCUT2D eigenvalue weighted by Crippen LogP contribution is 2.50. The second kappa shape index (κ2) is 8.75. The molecule has 0 bridgehead atoms. The predicted octanol–water partition coefficient (Wildman–Crippen LogP) is 2.73. The number of rotatable bonds is 5. The molecule has 2 atom stereocenters. The number of carbonyl (C=O) groups is 1. The summed E-state index contributed by atoms with van der Waals surface area (Å²) in [5.41, 5.74) is 4.25. The van der Waals surface area contributed by atoms with Crippen LogP contribution in [0.4, 0.5) is 5.69 Å². The molecule has 12 heteroatoms. The number of aromatic nitrogens is 6. The SMILES string of the molecule is CCn1c(-c2cnc(C)nc2)nc2c(-c3ccc4c(c3)[C@@]3(CCCN3CS(=O)O)C(=O)N4C)ncnc21. The number of anilines is 1. The quantitative estimate of drug-likeness (QED) is 0.396. The number of hydrogen-bond acceptors (Lipinski definition) is 8. The van der Waals surface area contributed by atoms with E-state index in [1.54, 1.807) is 24.3 Å². The van der Waals surface area contributed by atoms with Crippen molar-refractivity contribution in [3.63, 3.8) is 0 Å². The van der Waals surface area contributed by atoms with Crippen molar-refractivity contribution in [3.8, 4) is 22.6 Å². The maximum absolute atomic E-state index is 13.6. The monoisotopic (exact) mass is 518 g/mol. The van der Waals surface area contributed by atoms with E-state index >= 15 is 0 Å². The number of carbonyl (C=O) groups excluding carboxylic acids is 1. The van der Waals surface area contributed by atoms with E-state index in [0.717, 1.165) is 28.8 Å². The van der Waals surface area contributed by atoms with E-state index in [1.807, 2.05) is 41.5 Å². The molecule has 1 amide bonds. The summed E-state index contributed by atoms with van der Waals surface area (Å²) in [5, 5.41) is 0. The topological polar surface area (TPSA) is 130 Å². The molecule has 0 radical (unpaired) electrons. The Kier molecular flexibility index (Phi) is 5.62. The average molecular weight is 519 g/mol. The van der Waals surface area contributed by atoms with Gasteiger partial charge < -0.3 is 14.0 Å². The van der Waals surface area contributed by atoms with Crippen molar-refractivity contribution in [2.75, 3.05) is 24.4 Å². The summed E-state index contributed by atoms with van der Waals surface area (Å²) in [7, 11) is 1.75. The van der Waals surface area contributed by atoms with Gasteiger partial charge in [0.1, 0.15) is 40.6 Å². The summed E-state index contributed by atoms with van der Waals surface area (Å²) < 4.78 is 23.4.